The van der Waals surface area contributed by atoms with Crippen LogP contribution in [0.25, 0.3) is 0 Å². The molecule has 5 heteroatoms. The second-order valence-electron chi connectivity index (χ2n) is 4.72. The Hall–Kier alpha value is -1.62. The Morgan fingerprint density at radius 2 is 2.00 bits per heavy atom. The molecule has 1 aromatic rings. The molecule has 1 atom stereocenters. The Balaban J connectivity index is 2.60. The number of nitrogens with zero attached hydrogens (tertiary/aromatic N) is 1. The minimum atomic E-state index is -0.536. The lowest BCUT2D eigenvalue weighted by Gasteiger charge is -2.20. The molecule has 0 aliphatic carbocycles. The monoisotopic (exact) mass is 266 g/mol. The van der Waals surface area contributed by atoms with Crippen LogP contribution in [-0.4, -0.2) is 28.2 Å². The maximum atomic E-state index is 11.9. The first-order valence-electron chi connectivity index (χ1n) is 6.62. The van der Waals surface area contributed by atoms with Gasteiger partial charge in [0.1, 0.15) is 0 Å². The molecule has 0 spiro atoms. The zero-order chi connectivity index (χ0) is 14.4. The fourth-order valence-electron chi connectivity index (χ4n) is 2.03. The maximum absolute atomic E-state index is 11.9. The predicted octanol–water partition coefficient (Wildman–Crippen LogP) is 0.912. The first-order chi connectivity index (χ1) is 8.99. The summed E-state index contributed by atoms with van der Waals surface area (Å²) in [4.78, 5) is 23.1. The van der Waals surface area contributed by atoms with E-state index in [0.29, 0.717) is 5.56 Å². The standard InChI is InChI=1S/C14H22N2O3/c1-4-10(5-2)12(17)8-15-14(19)11-6-7-13(18)16(3)9-11/h6-7,9-10,12,17H,4-5,8H2,1-3H3,(H,15,19). The summed E-state index contributed by atoms with van der Waals surface area (Å²) in [5.74, 6) is -0.0824. The number of rotatable bonds is 6. The number of aromatic nitrogens is 1. The lowest BCUT2D eigenvalue weighted by Crippen LogP contribution is -2.36. The summed E-state index contributed by atoms with van der Waals surface area (Å²) in [6.45, 7) is 4.27. The van der Waals surface area contributed by atoms with Crippen molar-refractivity contribution in [2.45, 2.75) is 32.8 Å². The molecule has 1 rings (SSSR count). The van der Waals surface area contributed by atoms with Gasteiger partial charge < -0.3 is 15.0 Å². The summed E-state index contributed by atoms with van der Waals surface area (Å²) >= 11 is 0. The first kappa shape index (κ1) is 15.4. The highest BCUT2D eigenvalue weighted by molar-refractivity contribution is 5.93. The zero-order valence-electron chi connectivity index (χ0n) is 11.7. The number of pyridine rings is 1. The molecule has 0 aliphatic rings. The van der Waals surface area contributed by atoms with Gasteiger partial charge in [-0.2, -0.15) is 0 Å². The summed E-state index contributed by atoms with van der Waals surface area (Å²) in [5, 5.41) is 12.6. The van der Waals surface area contributed by atoms with Gasteiger partial charge in [0.25, 0.3) is 5.91 Å². The van der Waals surface area contributed by atoms with E-state index in [9.17, 15) is 14.7 Å². The van der Waals surface area contributed by atoms with Gasteiger partial charge in [-0.25, -0.2) is 0 Å². The van der Waals surface area contributed by atoms with Gasteiger partial charge in [0, 0.05) is 25.9 Å². The Bertz CT molecular complexity index is 478. The summed E-state index contributed by atoms with van der Waals surface area (Å²) in [5.41, 5.74) is 0.257. The third-order valence-corrected chi connectivity index (χ3v) is 3.41. The van der Waals surface area contributed by atoms with Crippen LogP contribution < -0.4 is 10.9 Å². The van der Waals surface area contributed by atoms with E-state index in [1.54, 1.807) is 7.05 Å². The third-order valence-electron chi connectivity index (χ3n) is 3.41. The second-order valence-corrected chi connectivity index (χ2v) is 4.72. The van der Waals surface area contributed by atoms with Crippen molar-refractivity contribution in [2.75, 3.05) is 6.54 Å². The highest BCUT2D eigenvalue weighted by Gasteiger charge is 2.16. The van der Waals surface area contributed by atoms with Crippen LogP contribution in [0.1, 0.15) is 37.0 Å². The molecule has 0 fully saturated rings. The van der Waals surface area contributed by atoms with Crippen molar-refractivity contribution >= 4 is 5.91 Å². The average molecular weight is 266 g/mol. The molecule has 0 aliphatic heterocycles. The van der Waals surface area contributed by atoms with Crippen LogP contribution in [0.4, 0.5) is 0 Å². The van der Waals surface area contributed by atoms with Crippen LogP contribution in [0.5, 0.6) is 0 Å². The van der Waals surface area contributed by atoms with Crippen LogP contribution in [0, 0.1) is 5.92 Å². The van der Waals surface area contributed by atoms with E-state index in [1.807, 2.05) is 13.8 Å². The van der Waals surface area contributed by atoms with Gasteiger partial charge in [-0.05, 0) is 12.0 Å². The number of aliphatic hydroxyl groups is 1. The second kappa shape index (κ2) is 7.09. The number of hydrogen-bond donors (Lipinski definition) is 2. The first-order valence-corrected chi connectivity index (χ1v) is 6.62. The van der Waals surface area contributed by atoms with Gasteiger partial charge in [-0.1, -0.05) is 26.7 Å². The molecule has 0 aromatic carbocycles. The highest BCUT2D eigenvalue weighted by Crippen LogP contribution is 2.12. The van der Waals surface area contributed by atoms with Crippen LogP contribution in [-0.2, 0) is 7.05 Å². The molecule has 5 nitrogen and oxygen atoms in total. The SMILES string of the molecule is CCC(CC)C(O)CNC(=O)c1ccc(=O)n(C)c1. The van der Waals surface area contributed by atoms with Crippen molar-refractivity contribution in [2.24, 2.45) is 13.0 Å². The van der Waals surface area contributed by atoms with Crippen LogP contribution in [0.2, 0.25) is 0 Å². The molecule has 106 valence electrons. The van der Waals surface area contributed by atoms with Crippen molar-refractivity contribution in [3.63, 3.8) is 0 Å². The lowest BCUT2D eigenvalue weighted by atomic mass is 9.96. The summed E-state index contributed by atoms with van der Waals surface area (Å²) < 4.78 is 1.35. The minimum Gasteiger partial charge on any atom is -0.391 e. The molecular weight excluding hydrogens is 244 g/mol. The third kappa shape index (κ3) is 4.21. The molecule has 0 bridgehead atoms. The van der Waals surface area contributed by atoms with E-state index < -0.39 is 6.10 Å². The smallest absolute Gasteiger partial charge is 0.252 e. The summed E-state index contributed by atoms with van der Waals surface area (Å²) in [6, 6.07) is 2.84. The molecule has 2 N–H and O–H groups in total. The fourth-order valence-corrected chi connectivity index (χ4v) is 2.03. The van der Waals surface area contributed by atoms with E-state index >= 15 is 0 Å². The Labute approximate surface area is 113 Å². The topological polar surface area (TPSA) is 71.3 Å². The molecule has 1 unspecified atom stereocenters. The molecule has 1 aromatic heterocycles. The molecule has 0 saturated heterocycles. The number of nitrogens with one attached hydrogen (secondary N) is 1. The van der Waals surface area contributed by atoms with Gasteiger partial charge >= 0.3 is 0 Å². The number of carbonyl (C=O) groups excluding carboxylic acids is 1. The Kier molecular flexibility index (Phi) is 5.76. The Morgan fingerprint density at radius 3 is 2.53 bits per heavy atom. The van der Waals surface area contributed by atoms with Crippen molar-refractivity contribution in [3.05, 3.63) is 34.2 Å². The number of hydrogen-bond acceptors (Lipinski definition) is 3. The van der Waals surface area contributed by atoms with Crippen LogP contribution >= 0.6 is 0 Å². The van der Waals surface area contributed by atoms with Gasteiger partial charge in [-0.3, -0.25) is 9.59 Å². The van der Waals surface area contributed by atoms with Crippen molar-refractivity contribution in [1.29, 1.82) is 0 Å². The zero-order valence-corrected chi connectivity index (χ0v) is 11.7. The summed E-state index contributed by atoms with van der Waals surface area (Å²) in [6.07, 6.45) is 2.72. The van der Waals surface area contributed by atoms with E-state index in [1.165, 1.54) is 22.9 Å². The number of carbonyl (C=O) groups is 1. The van der Waals surface area contributed by atoms with Gasteiger partial charge in [0.15, 0.2) is 0 Å². The van der Waals surface area contributed by atoms with Crippen LogP contribution in [0.3, 0.4) is 0 Å². The average Bonchev–Trinajstić information content (AvgIpc) is 2.40. The largest absolute Gasteiger partial charge is 0.391 e. The van der Waals surface area contributed by atoms with E-state index in [4.69, 9.17) is 0 Å². The number of aryl methyl sites for hydroxylation is 1. The van der Waals surface area contributed by atoms with Crippen molar-refractivity contribution < 1.29 is 9.90 Å². The highest BCUT2D eigenvalue weighted by atomic mass is 16.3. The summed E-state index contributed by atoms with van der Waals surface area (Å²) in [7, 11) is 1.60. The van der Waals surface area contributed by atoms with Gasteiger partial charge in [-0.15, -0.1) is 0 Å². The predicted molar refractivity (Wildman–Crippen MR) is 74.1 cm³/mol. The Morgan fingerprint density at radius 1 is 1.37 bits per heavy atom. The van der Waals surface area contributed by atoms with E-state index in [2.05, 4.69) is 5.32 Å². The maximum Gasteiger partial charge on any atom is 0.252 e. The van der Waals surface area contributed by atoms with Gasteiger partial charge in [0.2, 0.25) is 5.56 Å². The quantitative estimate of drug-likeness (QED) is 0.804. The van der Waals surface area contributed by atoms with E-state index in [0.717, 1.165) is 12.8 Å². The molecule has 0 saturated carbocycles. The molecule has 0 radical (unpaired) electrons. The molecule has 1 heterocycles. The fraction of sp³-hybridized carbons (Fsp3) is 0.571. The van der Waals surface area contributed by atoms with Crippen molar-refractivity contribution in [3.8, 4) is 0 Å². The molecular formula is C14H22N2O3. The van der Waals surface area contributed by atoms with Gasteiger partial charge in [0.05, 0.1) is 11.7 Å². The van der Waals surface area contributed by atoms with E-state index in [-0.39, 0.29) is 23.9 Å². The molecule has 1 amide bonds. The lowest BCUT2D eigenvalue weighted by molar-refractivity contribution is 0.0816. The minimum absolute atomic E-state index is 0.159. The molecule has 19 heavy (non-hydrogen) atoms. The van der Waals surface area contributed by atoms with Crippen molar-refractivity contribution in [1.82, 2.24) is 9.88 Å². The number of amides is 1. The number of aliphatic hydroxyl groups excluding tert-OH is 1. The van der Waals surface area contributed by atoms with Crippen LogP contribution in [0.15, 0.2) is 23.1 Å². The normalized spacial score (nSPS) is 12.5.